The average molecular weight is 324 g/mol. The minimum absolute atomic E-state index is 0.550. The van der Waals surface area contributed by atoms with Crippen LogP contribution >= 0.6 is 0 Å². The van der Waals surface area contributed by atoms with Crippen LogP contribution in [0.4, 0.5) is 0 Å². The van der Waals surface area contributed by atoms with Gasteiger partial charge in [-0.1, -0.05) is 55.1 Å². The zero-order chi connectivity index (χ0) is 17.0. The third-order valence-electron chi connectivity index (χ3n) is 3.81. The summed E-state index contributed by atoms with van der Waals surface area (Å²) in [6.07, 6.45) is 2.90. The van der Waals surface area contributed by atoms with Crippen molar-refractivity contribution in [1.29, 1.82) is 0 Å². The van der Waals surface area contributed by atoms with Gasteiger partial charge in [0.05, 0.1) is 0 Å². The first-order valence-corrected chi connectivity index (χ1v) is 8.54. The van der Waals surface area contributed by atoms with Gasteiger partial charge in [0.15, 0.2) is 0 Å². The normalized spacial score (nSPS) is 10.8. The first-order chi connectivity index (χ1) is 11.8. The molecule has 3 nitrogen and oxygen atoms in total. The van der Waals surface area contributed by atoms with E-state index in [1.807, 2.05) is 12.1 Å². The third-order valence-corrected chi connectivity index (χ3v) is 3.81. The molecule has 0 bridgehead atoms. The summed E-state index contributed by atoms with van der Waals surface area (Å²) >= 11 is 0. The van der Waals surface area contributed by atoms with Crippen LogP contribution in [0.5, 0.6) is 5.75 Å². The van der Waals surface area contributed by atoms with Gasteiger partial charge in [-0.3, -0.25) is 0 Å². The second-order valence-electron chi connectivity index (χ2n) is 6.00. The molecule has 128 valence electrons. The number of nitrogens with zero attached hydrogens (tertiary/aromatic N) is 1. The molecule has 0 aliphatic rings. The topological polar surface area (TPSA) is 24.5 Å². The van der Waals surface area contributed by atoms with E-state index in [0.717, 1.165) is 38.3 Å². The lowest BCUT2D eigenvalue weighted by Gasteiger charge is -2.16. The van der Waals surface area contributed by atoms with E-state index in [1.165, 1.54) is 11.1 Å². The molecule has 2 aromatic carbocycles. The number of ether oxygens (including phenoxy) is 1. The van der Waals surface area contributed by atoms with E-state index in [1.54, 1.807) is 6.08 Å². The van der Waals surface area contributed by atoms with Crippen LogP contribution in [-0.4, -0.2) is 31.6 Å². The average Bonchev–Trinajstić information content (AvgIpc) is 2.61. The Bertz CT molecular complexity index is 581. The van der Waals surface area contributed by atoms with Crippen molar-refractivity contribution in [3.8, 4) is 5.75 Å². The van der Waals surface area contributed by atoms with Crippen LogP contribution in [0.1, 0.15) is 17.5 Å². The van der Waals surface area contributed by atoms with Gasteiger partial charge in [0.1, 0.15) is 12.4 Å². The zero-order valence-corrected chi connectivity index (χ0v) is 14.6. The van der Waals surface area contributed by atoms with Gasteiger partial charge in [0.25, 0.3) is 0 Å². The minimum atomic E-state index is 0.550. The summed E-state index contributed by atoms with van der Waals surface area (Å²) in [6, 6.07) is 18.8. The summed E-state index contributed by atoms with van der Waals surface area (Å²) in [4.78, 5) is 2.36. The predicted molar refractivity (Wildman–Crippen MR) is 101 cm³/mol. The number of benzene rings is 2. The summed E-state index contributed by atoms with van der Waals surface area (Å²) < 4.78 is 5.48. The lowest BCUT2D eigenvalue weighted by atomic mass is 10.2. The largest absolute Gasteiger partial charge is 0.490 e. The Kier molecular flexibility index (Phi) is 8.08. The zero-order valence-electron chi connectivity index (χ0n) is 14.6. The molecule has 0 atom stereocenters. The molecule has 0 fully saturated rings. The molecule has 0 aliphatic carbocycles. The van der Waals surface area contributed by atoms with Crippen LogP contribution in [0.15, 0.2) is 67.3 Å². The molecule has 0 aromatic heterocycles. The highest BCUT2D eigenvalue weighted by molar-refractivity contribution is 5.27. The van der Waals surface area contributed by atoms with Crippen molar-refractivity contribution < 1.29 is 4.74 Å². The Balaban J connectivity index is 1.58. The van der Waals surface area contributed by atoms with Crippen LogP contribution in [0, 0.1) is 0 Å². The lowest BCUT2D eigenvalue weighted by Crippen LogP contribution is -2.23. The van der Waals surface area contributed by atoms with E-state index in [9.17, 15) is 0 Å². The molecular weight excluding hydrogens is 296 g/mol. The molecule has 0 spiro atoms. The van der Waals surface area contributed by atoms with Gasteiger partial charge in [-0.15, -0.1) is 0 Å². The molecule has 2 rings (SSSR count). The van der Waals surface area contributed by atoms with Gasteiger partial charge in [0.2, 0.25) is 0 Å². The first kappa shape index (κ1) is 18.2. The molecule has 0 radical (unpaired) electrons. The van der Waals surface area contributed by atoms with Crippen LogP contribution in [0.2, 0.25) is 0 Å². The SMILES string of the molecule is C=CCOc1ccc(CNCCCN(C)Cc2ccccc2)cc1. The molecule has 0 aliphatic heterocycles. The Morgan fingerprint density at radius 3 is 2.50 bits per heavy atom. The van der Waals surface area contributed by atoms with Crippen LogP contribution in [-0.2, 0) is 13.1 Å². The van der Waals surface area contributed by atoms with E-state index in [0.29, 0.717) is 6.61 Å². The number of nitrogens with one attached hydrogen (secondary N) is 1. The van der Waals surface area contributed by atoms with Gasteiger partial charge < -0.3 is 15.0 Å². The molecular formula is C21H28N2O. The molecule has 0 saturated heterocycles. The summed E-state index contributed by atoms with van der Waals surface area (Å²) in [7, 11) is 2.18. The van der Waals surface area contributed by atoms with Crippen molar-refractivity contribution in [1.82, 2.24) is 10.2 Å². The Labute approximate surface area is 146 Å². The van der Waals surface area contributed by atoms with Gasteiger partial charge in [-0.2, -0.15) is 0 Å². The predicted octanol–water partition coefficient (Wildman–Crippen LogP) is 3.86. The second-order valence-corrected chi connectivity index (χ2v) is 6.00. The quantitative estimate of drug-likeness (QED) is 0.502. The fraction of sp³-hybridized carbons (Fsp3) is 0.333. The molecule has 1 N–H and O–H groups in total. The minimum Gasteiger partial charge on any atom is -0.490 e. The van der Waals surface area contributed by atoms with Crippen LogP contribution < -0.4 is 10.1 Å². The highest BCUT2D eigenvalue weighted by Crippen LogP contribution is 2.12. The number of hydrogen-bond acceptors (Lipinski definition) is 3. The van der Waals surface area contributed by atoms with Gasteiger partial charge in [-0.05, 0) is 49.8 Å². The van der Waals surface area contributed by atoms with Crippen molar-refractivity contribution in [2.75, 3.05) is 26.7 Å². The standard InChI is InChI=1S/C21H28N2O/c1-3-16-24-21-12-10-19(11-13-21)17-22-14-7-15-23(2)18-20-8-5-4-6-9-20/h3-6,8-13,22H,1,7,14-18H2,2H3. The lowest BCUT2D eigenvalue weighted by molar-refractivity contribution is 0.319. The van der Waals surface area contributed by atoms with Crippen molar-refractivity contribution in [2.24, 2.45) is 0 Å². The van der Waals surface area contributed by atoms with Crippen LogP contribution in [0.25, 0.3) is 0 Å². The summed E-state index contributed by atoms with van der Waals surface area (Å²) in [5.41, 5.74) is 2.64. The summed E-state index contributed by atoms with van der Waals surface area (Å²) in [5.74, 6) is 0.890. The van der Waals surface area contributed by atoms with Gasteiger partial charge in [-0.25, -0.2) is 0 Å². The molecule has 0 unspecified atom stereocenters. The summed E-state index contributed by atoms with van der Waals surface area (Å²) in [6.45, 7) is 8.21. The van der Waals surface area contributed by atoms with E-state index >= 15 is 0 Å². The Morgan fingerprint density at radius 2 is 1.79 bits per heavy atom. The van der Waals surface area contributed by atoms with Crippen LogP contribution in [0.3, 0.4) is 0 Å². The Morgan fingerprint density at radius 1 is 1.04 bits per heavy atom. The number of hydrogen-bond donors (Lipinski definition) is 1. The molecule has 0 amide bonds. The number of rotatable bonds is 11. The van der Waals surface area contributed by atoms with Crippen molar-refractivity contribution in [3.05, 3.63) is 78.4 Å². The van der Waals surface area contributed by atoms with E-state index < -0.39 is 0 Å². The molecule has 2 aromatic rings. The van der Waals surface area contributed by atoms with E-state index in [4.69, 9.17) is 4.74 Å². The van der Waals surface area contributed by atoms with Gasteiger partial charge >= 0.3 is 0 Å². The molecule has 3 heteroatoms. The monoisotopic (exact) mass is 324 g/mol. The highest BCUT2D eigenvalue weighted by Gasteiger charge is 2.00. The van der Waals surface area contributed by atoms with E-state index in [2.05, 4.69) is 66.3 Å². The van der Waals surface area contributed by atoms with E-state index in [-0.39, 0.29) is 0 Å². The Hall–Kier alpha value is -2.10. The second kappa shape index (κ2) is 10.6. The van der Waals surface area contributed by atoms with Gasteiger partial charge in [0, 0.05) is 13.1 Å². The summed E-state index contributed by atoms with van der Waals surface area (Å²) in [5, 5.41) is 3.50. The van der Waals surface area contributed by atoms with Crippen molar-refractivity contribution in [2.45, 2.75) is 19.5 Å². The maximum Gasteiger partial charge on any atom is 0.119 e. The smallest absolute Gasteiger partial charge is 0.119 e. The molecule has 0 heterocycles. The maximum absolute atomic E-state index is 5.48. The third kappa shape index (κ3) is 6.99. The fourth-order valence-corrected chi connectivity index (χ4v) is 2.54. The van der Waals surface area contributed by atoms with Crippen molar-refractivity contribution >= 4 is 0 Å². The first-order valence-electron chi connectivity index (χ1n) is 8.54. The fourth-order valence-electron chi connectivity index (χ4n) is 2.54. The maximum atomic E-state index is 5.48. The van der Waals surface area contributed by atoms with Crippen molar-refractivity contribution in [3.63, 3.8) is 0 Å². The molecule has 0 saturated carbocycles. The molecule has 24 heavy (non-hydrogen) atoms. The highest BCUT2D eigenvalue weighted by atomic mass is 16.5.